The molecule has 0 aliphatic rings. The monoisotopic (exact) mass is 416 g/mol. The molecular weight excluding hydrogens is 368 g/mol. The zero-order valence-electron chi connectivity index (χ0n) is 19.4. The highest BCUT2D eigenvalue weighted by molar-refractivity contribution is 5.69. The first kappa shape index (κ1) is 28.4. The molecule has 0 bridgehead atoms. The molecule has 0 fully saturated rings. The molecule has 0 aliphatic carbocycles. The van der Waals surface area contributed by atoms with E-state index in [-0.39, 0.29) is 31.4 Å². The van der Waals surface area contributed by atoms with E-state index in [4.69, 9.17) is 14.6 Å². The summed E-state index contributed by atoms with van der Waals surface area (Å²) in [6.45, 7) is 6.23. The molecule has 5 nitrogen and oxygen atoms in total. The molecule has 0 aliphatic heterocycles. The minimum atomic E-state index is -0.500. The van der Waals surface area contributed by atoms with E-state index in [1.54, 1.807) is 6.92 Å². The predicted octanol–water partition coefficient (Wildman–Crippen LogP) is 5.55. The molecule has 0 rings (SSSR count). The van der Waals surface area contributed by atoms with Gasteiger partial charge in [0.05, 0.1) is 24.9 Å². The fraction of sp³-hybridized carbons (Fsp3) is 0.958. The third-order valence-electron chi connectivity index (χ3n) is 5.16. The zero-order chi connectivity index (χ0) is 21.7. The van der Waals surface area contributed by atoms with Crippen molar-refractivity contribution >= 4 is 5.97 Å². The lowest BCUT2D eigenvalue weighted by molar-refractivity contribution is -0.148. The van der Waals surface area contributed by atoms with Crippen LogP contribution in [0.15, 0.2) is 0 Å². The molecule has 0 radical (unpaired) electrons. The summed E-state index contributed by atoms with van der Waals surface area (Å²) in [6.07, 6.45) is 15.8. The molecule has 0 amide bonds. The molecule has 2 N–H and O–H groups in total. The number of esters is 1. The maximum Gasteiger partial charge on any atom is 0.305 e. The Morgan fingerprint density at radius 2 is 1.28 bits per heavy atom. The van der Waals surface area contributed by atoms with E-state index in [1.165, 1.54) is 57.8 Å². The average molecular weight is 417 g/mol. The van der Waals surface area contributed by atoms with E-state index in [0.29, 0.717) is 6.42 Å². The highest BCUT2D eigenvalue weighted by atomic mass is 16.6. The second-order valence-electron chi connectivity index (χ2n) is 8.55. The first-order valence-corrected chi connectivity index (χ1v) is 12.1. The maximum absolute atomic E-state index is 11.7. The van der Waals surface area contributed by atoms with Gasteiger partial charge in [-0.25, -0.2) is 0 Å². The van der Waals surface area contributed by atoms with Crippen LogP contribution in [-0.4, -0.2) is 47.7 Å². The maximum atomic E-state index is 11.7. The molecule has 3 atom stereocenters. The number of hydrogen-bond acceptors (Lipinski definition) is 5. The SMILES string of the molecule is CCCCCCC(O)CCCCCCCCCCC(=O)OCC(C)OCC(C)O. The van der Waals surface area contributed by atoms with Gasteiger partial charge in [0.15, 0.2) is 0 Å². The summed E-state index contributed by atoms with van der Waals surface area (Å²) in [7, 11) is 0. The average Bonchev–Trinajstić information content (AvgIpc) is 2.69. The van der Waals surface area contributed by atoms with Crippen molar-refractivity contribution in [3.8, 4) is 0 Å². The van der Waals surface area contributed by atoms with Crippen molar-refractivity contribution < 1.29 is 24.5 Å². The highest BCUT2D eigenvalue weighted by Crippen LogP contribution is 2.14. The largest absolute Gasteiger partial charge is 0.463 e. The second kappa shape index (κ2) is 20.6. The summed E-state index contributed by atoms with van der Waals surface area (Å²) in [4.78, 5) is 11.7. The molecule has 0 aromatic rings. The third kappa shape index (κ3) is 21.9. The van der Waals surface area contributed by atoms with Crippen molar-refractivity contribution in [2.24, 2.45) is 0 Å². The van der Waals surface area contributed by atoms with Crippen LogP contribution in [0.2, 0.25) is 0 Å². The number of aliphatic hydroxyl groups is 2. The van der Waals surface area contributed by atoms with Crippen LogP contribution >= 0.6 is 0 Å². The highest BCUT2D eigenvalue weighted by Gasteiger charge is 2.09. The standard InChI is InChI=1S/C24H48O5/c1-4-5-6-13-16-23(26)17-14-11-9-7-8-10-12-15-18-24(27)29-20-22(3)28-19-21(2)25/h21-23,25-26H,4-20H2,1-3H3. The lowest BCUT2D eigenvalue weighted by atomic mass is 10.0. The van der Waals surface area contributed by atoms with Crippen LogP contribution in [0.4, 0.5) is 0 Å². The molecule has 0 saturated carbocycles. The van der Waals surface area contributed by atoms with Gasteiger partial charge >= 0.3 is 5.97 Å². The Bertz CT molecular complexity index is 359. The van der Waals surface area contributed by atoms with Crippen molar-refractivity contribution in [2.75, 3.05) is 13.2 Å². The van der Waals surface area contributed by atoms with Crippen molar-refractivity contribution in [3.63, 3.8) is 0 Å². The quantitative estimate of drug-likeness (QED) is 0.190. The summed E-state index contributed by atoms with van der Waals surface area (Å²) in [5, 5.41) is 19.1. The van der Waals surface area contributed by atoms with Crippen LogP contribution in [0.3, 0.4) is 0 Å². The fourth-order valence-corrected chi connectivity index (χ4v) is 3.30. The Morgan fingerprint density at radius 3 is 1.83 bits per heavy atom. The molecule has 0 aromatic carbocycles. The molecular formula is C24H48O5. The zero-order valence-corrected chi connectivity index (χ0v) is 19.4. The van der Waals surface area contributed by atoms with Gasteiger partial charge in [-0.1, -0.05) is 77.6 Å². The van der Waals surface area contributed by atoms with Gasteiger partial charge in [-0.2, -0.15) is 0 Å². The molecule has 5 heteroatoms. The molecule has 29 heavy (non-hydrogen) atoms. The van der Waals surface area contributed by atoms with Gasteiger partial charge in [0.1, 0.15) is 6.61 Å². The van der Waals surface area contributed by atoms with Crippen LogP contribution in [-0.2, 0) is 14.3 Å². The molecule has 0 heterocycles. The van der Waals surface area contributed by atoms with Crippen LogP contribution in [0.1, 0.15) is 117 Å². The Morgan fingerprint density at radius 1 is 0.759 bits per heavy atom. The predicted molar refractivity (Wildman–Crippen MR) is 119 cm³/mol. The van der Waals surface area contributed by atoms with E-state index >= 15 is 0 Å². The lowest BCUT2D eigenvalue weighted by Gasteiger charge is -2.14. The van der Waals surface area contributed by atoms with Crippen molar-refractivity contribution in [3.05, 3.63) is 0 Å². The molecule has 0 aromatic heterocycles. The van der Waals surface area contributed by atoms with E-state index in [0.717, 1.165) is 32.1 Å². The lowest BCUT2D eigenvalue weighted by Crippen LogP contribution is -2.23. The van der Waals surface area contributed by atoms with E-state index in [2.05, 4.69) is 6.92 Å². The van der Waals surface area contributed by atoms with Gasteiger partial charge in [0.2, 0.25) is 0 Å². The topological polar surface area (TPSA) is 76.0 Å². The summed E-state index contributed by atoms with van der Waals surface area (Å²) in [5.41, 5.74) is 0. The molecule has 0 spiro atoms. The van der Waals surface area contributed by atoms with Crippen molar-refractivity contribution in [1.29, 1.82) is 0 Å². The third-order valence-corrected chi connectivity index (χ3v) is 5.16. The molecule has 174 valence electrons. The number of carbonyl (C=O) groups is 1. The van der Waals surface area contributed by atoms with Gasteiger partial charge in [-0.15, -0.1) is 0 Å². The Kier molecular flexibility index (Phi) is 20.2. The van der Waals surface area contributed by atoms with Crippen LogP contribution in [0.25, 0.3) is 0 Å². The fourth-order valence-electron chi connectivity index (χ4n) is 3.30. The van der Waals surface area contributed by atoms with Crippen LogP contribution < -0.4 is 0 Å². The Hall–Kier alpha value is -0.650. The summed E-state index contributed by atoms with van der Waals surface area (Å²) < 4.78 is 10.5. The molecule has 0 saturated heterocycles. The Balaban J connectivity index is 3.33. The van der Waals surface area contributed by atoms with Gasteiger partial charge in [-0.3, -0.25) is 4.79 Å². The van der Waals surface area contributed by atoms with Gasteiger partial charge in [0, 0.05) is 6.42 Å². The first-order valence-electron chi connectivity index (χ1n) is 12.1. The minimum absolute atomic E-state index is 0.0978. The van der Waals surface area contributed by atoms with Gasteiger partial charge in [-0.05, 0) is 33.1 Å². The smallest absolute Gasteiger partial charge is 0.305 e. The van der Waals surface area contributed by atoms with Gasteiger partial charge < -0.3 is 19.7 Å². The van der Waals surface area contributed by atoms with Crippen molar-refractivity contribution in [2.45, 2.75) is 135 Å². The van der Waals surface area contributed by atoms with E-state index in [1.807, 2.05) is 6.92 Å². The van der Waals surface area contributed by atoms with Crippen LogP contribution in [0.5, 0.6) is 0 Å². The number of carbonyl (C=O) groups excluding carboxylic acids is 1. The van der Waals surface area contributed by atoms with E-state index in [9.17, 15) is 9.90 Å². The normalized spacial score (nSPS) is 14.5. The van der Waals surface area contributed by atoms with E-state index < -0.39 is 6.10 Å². The number of ether oxygens (including phenoxy) is 2. The first-order chi connectivity index (χ1) is 14.0. The van der Waals surface area contributed by atoms with Gasteiger partial charge in [0.25, 0.3) is 0 Å². The number of hydrogen-bond donors (Lipinski definition) is 2. The Labute approximate surface area is 179 Å². The minimum Gasteiger partial charge on any atom is -0.463 e. The van der Waals surface area contributed by atoms with Crippen molar-refractivity contribution in [1.82, 2.24) is 0 Å². The van der Waals surface area contributed by atoms with Crippen LogP contribution in [0, 0.1) is 0 Å². The summed E-state index contributed by atoms with van der Waals surface area (Å²) in [6, 6.07) is 0. The summed E-state index contributed by atoms with van der Waals surface area (Å²) in [5.74, 6) is -0.161. The molecule has 3 unspecified atom stereocenters. The number of rotatable bonds is 21. The second-order valence-corrected chi connectivity index (χ2v) is 8.55. The number of unbranched alkanes of at least 4 members (excludes halogenated alkanes) is 10. The number of aliphatic hydroxyl groups excluding tert-OH is 2. The summed E-state index contributed by atoms with van der Waals surface area (Å²) >= 11 is 0.